The second-order valence-corrected chi connectivity index (χ2v) is 25.6. The molecule has 3 aromatic carbocycles. The highest BCUT2D eigenvalue weighted by Crippen LogP contribution is 2.35. The number of carbonyl (C=O) groups excluding carboxylic acids is 6. The molecule has 0 unspecified atom stereocenters. The molecule has 7 N–H and O–H groups in total. The number of aromatic nitrogens is 10. The summed E-state index contributed by atoms with van der Waals surface area (Å²) in [6.45, 7) is 0.849. The summed E-state index contributed by atoms with van der Waals surface area (Å²) in [5.74, 6) is 2.27. The Morgan fingerprint density at radius 3 is 1.71 bits per heavy atom. The second-order valence-electron chi connectivity index (χ2n) is 19.3. The van der Waals surface area contributed by atoms with Crippen LogP contribution in [0.5, 0.6) is 17.4 Å². The van der Waals surface area contributed by atoms with Gasteiger partial charge >= 0.3 is 17.8 Å². The first kappa shape index (κ1) is 73.0. The van der Waals surface area contributed by atoms with Gasteiger partial charge in [-0.1, -0.05) is 60.0 Å². The maximum absolute atomic E-state index is 13.0. The molecule has 38 heteroatoms. The first-order valence-electron chi connectivity index (χ1n) is 26.4. The number of hydrogen-bond donors (Lipinski definition) is 7. The molecule has 9 aromatic rings. The average molecular weight is 1840 g/mol. The van der Waals surface area contributed by atoms with Crippen LogP contribution < -0.4 is 52.3 Å². The van der Waals surface area contributed by atoms with E-state index >= 15 is 0 Å². The van der Waals surface area contributed by atoms with E-state index in [1.807, 2.05) is 98.1 Å². The number of aromatic amines is 3. The quantitative estimate of drug-likeness (QED) is 0.0225. The SMILES string of the molecule is C#C[C@]1(CN2Cc3ccc(OC)cc3C2=O)NC(=O)NC1=O.COc1ccc2c(c1)C(=O)N(C[C@@]1(c3cc4cnc(Cl)nc4o3)NC(=O)NC1=O)C2.Clc1ncc(I)c(Cl)n1.Clc1ncc(I)c(OCc2ccccc2)n1.O=c1[nH]c(Cl)ncc1I.O=c1[nH]cc(I)c(=O)[nH]1. The van der Waals surface area contributed by atoms with E-state index < -0.39 is 40.6 Å². The Kier molecular flexibility index (Phi) is 25.1. The van der Waals surface area contributed by atoms with Crippen molar-refractivity contribution in [2.24, 2.45) is 0 Å². The number of nitrogens with one attached hydrogen (secondary N) is 7. The van der Waals surface area contributed by atoms with Gasteiger partial charge in [0.25, 0.3) is 34.7 Å². The molecule has 6 aromatic heterocycles. The number of nitrogens with zero attached hydrogens (tertiary/aromatic N) is 9. The van der Waals surface area contributed by atoms with Crippen LogP contribution >= 0.6 is 148 Å². The number of benzene rings is 3. The molecular weight excluding hydrogens is 1800 g/mol. The van der Waals surface area contributed by atoms with Gasteiger partial charge in [0.1, 0.15) is 29.0 Å². The summed E-state index contributed by atoms with van der Waals surface area (Å²) in [6.07, 6.45) is 12.8. The molecule has 8 amide bonds. The van der Waals surface area contributed by atoms with Crippen molar-refractivity contribution in [3.8, 4) is 29.7 Å². The number of ether oxygens (including phenoxy) is 3. The zero-order chi connectivity index (χ0) is 68.9. The molecule has 95 heavy (non-hydrogen) atoms. The molecule has 13 rings (SSSR count). The molecule has 0 saturated carbocycles. The lowest BCUT2D eigenvalue weighted by Crippen LogP contribution is -2.54. The zero-order valence-electron chi connectivity index (χ0n) is 48.2. The number of fused-ring (bicyclic) bond motifs is 3. The third-order valence-electron chi connectivity index (χ3n) is 13.1. The van der Waals surface area contributed by atoms with Crippen LogP contribution in [0.2, 0.25) is 26.3 Å². The summed E-state index contributed by atoms with van der Waals surface area (Å²) < 4.78 is 24.3. The van der Waals surface area contributed by atoms with Gasteiger partial charge in [-0.05, 0) is 184 Å². The van der Waals surface area contributed by atoms with Crippen molar-refractivity contribution in [1.82, 2.24) is 80.9 Å². The number of rotatable bonds is 10. The van der Waals surface area contributed by atoms with Gasteiger partial charge in [0, 0.05) is 55.2 Å². The molecule has 2 saturated heterocycles. The fourth-order valence-corrected chi connectivity index (χ4v) is 10.6. The van der Waals surface area contributed by atoms with Gasteiger partial charge in [0.05, 0.1) is 47.0 Å². The van der Waals surface area contributed by atoms with Crippen molar-refractivity contribution < 1.29 is 47.4 Å². The van der Waals surface area contributed by atoms with E-state index in [1.165, 1.54) is 42.6 Å². The maximum atomic E-state index is 13.0. The van der Waals surface area contributed by atoms with Crippen LogP contribution in [0.25, 0.3) is 11.1 Å². The van der Waals surface area contributed by atoms with E-state index in [9.17, 15) is 43.2 Å². The van der Waals surface area contributed by atoms with Gasteiger partial charge in [-0.15, -0.1) is 6.42 Å². The summed E-state index contributed by atoms with van der Waals surface area (Å²) in [6, 6.07) is 20.5. The van der Waals surface area contributed by atoms with E-state index in [0.717, 1.165) is 23.8 Å². The molecule has 0 radical (unpaired) electrons. The lowest BCUT2D eigenvalue weighted by molar-refractivity contribution is -0.125. The maximum Gasteiger partial charge on any atom is 0.325 e. The van der Waals surface area contributed by atoms with Crippen LogP contribution in [0.3, 0.4) is 0 Å². The fraction of sp³-hybridized carbons (Fsp3) is 0.158. The summed E-state index contributed by atoms with van der Waals surface area (Å²) in [5.41, 5.74) is -0.300. The Morgan fingerprint density at radius 2 is 1.18 bits per heavy atom. The van der Waals surface area contributed by atoms with Crippen LogP contribution in [0.4, 0.5) is 9.59 Å². The van der Waals surface area contributed by atoms with Gasteiger partial charge in [-0.2, -0.15) is 9.97 Å². The number of urea groups is 2. The molecule has 490 valence electrons. The van der Waals surface area contributed by atoms with E-state index in [1.54, 1.807) is 54.9 Å². The number of terminal acetylenes is 1. The van der Waals surface area contributed by atoms with Crippen molar-refractivity contribution in [2.75, 3.05) is 27.3 Å². The molecular formula is C57H41Cl5I4N16O13. The number of imide groups is 2. The number of furan rings is 1. The van der Waals surface area contributed by atoms with E-state index in [2.05, 4.69) is 99.6 Å². The van der Waals surface area contributed by atoms with Crippen LogP contribution in [0.1, 0.15) is 43.2 Å². The monoisotopic (exact) mass is 1840 g/mol. The first-order valence-corrected chi connectivity index (χ1v) is 32.6. The molecule has 4 aliphatic heterocycles. The Labute approximate surface area is 614 Å². The van der Waals surface area contributed by atoms with Crippen LogP contribution in [-0.2, 0) is 34.8 Å². The molecule has 0 spiro atoms. The molecule has 4 aliphatic rings. The van der Waals surface area contributed by atoms with Crippen molar-refractivity contribution in [1.29, 1.82) is 0 Å². The third kappa shape index (κ3) is 18.6. The minimum absolute atomic E-state index is 0.0172. The largest absolute Gasteiger partial charge is 0.497 e. The molecule has 0 aliphatic carbocycles. The molecule has 10 heterocycles. The molecule has 2 fully saturated rings. The van der Waals surface area contributed by atoms with Crippen LogP contribution in [-0.4, -0.2) is 128 Å². The Bertz CT molecular complexity index is 4680. The van der Waals surface area contributed by atoms with Gasteiger partial charge in [0.15, 0.2) is 11.1 Å². The van der Waals surface area contributed by atoms with E-state index in [-0.39, 0.29) is 75.2 Å². The zero-order valence-corrected chi connectivity index (χ0v) is 60.6. The summed E-state index contributed by atoms with van der Waals surface area (Å²) in [7, 11) is 3.04. The topological polar surface area (TPSA) is 387 Å². The Balaban J connectivity index is 0.000000157. The number of amides is 8. The van der Waals surface area contributed by atoms with E-state index in [4.69, 9.17) is 83.1 Å². The van der Waals surface area contributed by atoms with Gasteiger partial charge in [-0.25, -0.2) is 39.3 Å². The predicted octanol–water partition coefficient (Wildman–Crippen LogP) is 7.84. The second kappa shape index (κ2) is 32.7. The van der Waals surface area contributed by atoms with Crippen molar-refractivity contribution >= 4 is 195 Å². The average Bonchev–Trinajstić information content (AvgIpc) is 1.60. The highest BCUT2D eigenvalue weighted by molar-refractivity contribution is 14.1. The highest BCUT2D eigenvalue weighted by Gasteiger charge is 2.53. The molecule has 29 nitrogen and oxygen atoms in total. The summed E-state index contributed by atoms with van der Waals surface area (Å²) in [4.78, 5) is 141. The van der Waals surface area contributed by atoms with Gasteiger partial charge in [0.2, 0.25) is 32.7 Å². The number of methoxy groups -OCH3 is 2. The molecule has 2 atom stereocenters. The van der Waals surface area contributed by atoms with Crippen LogP contribution in [0.15, 0.2) is 123 Å². The lowest BCUT2D eigenvalue weighted by Gasteiger charge is -2.28. The Hall–Kier alpha value is -7.85. The van der Waals surface area contributed by atoms with Crippen molar-refractivity contribution in [3.05, 3.63) is 209 Å². The third-order valence-corrected chi connectivity index (χ3v) is 17.6. The number of H-pyrrole nitrogens is 3. The van der Waals surface area contributed by atoms with E-state index in [0.29, 0.717) is 59.3 Å². The van der Waals surface area contributed by atoms with Gasteiger partial charge in [-0.3, -0.25) is 49.4 Å². The standard InChI is InChI=1S/C19H14ClN5O5.C15H13N3O4.C11H8ClIN2O.C4HCl2IN2.C4H2ClIN2O.C4H3IN2O2/c1-29-11-3-2-9-7-25(15(26)12(9)5-11)8-19(16(27)23-18(28)24-19)13-4-10-6-21-17(20)22-14(10)30-13;1-3-15(13(20)16-14(21)17-15)8-18-7-9-4-5-10(22-2)6-11(9)12(18)19;12-11-14-6-9(13)10(15-11)16-7-8-4-2-1-3-5-8;5-3-2(7)1-8-4(6)9-3;5-4-7-1-2(6)3(9)8-4;5-2-1-6-4(9)7-3(2)8/h2-6H,7-8H2,1H3,(H2,23,24,27,28);1,4-6H,7-8H2,2H3,(H2,16,17,20,21);1-6H,7H2;1H;1H,(H,7,8,9);1H,(H2,6,7,8,9)/t19-;15-;;;;/m01..../s1. The minimum Gasteiger partial charge on any atom is -0.497 e. The number of hydrogen-bond acceptors (Lipinski definition) is 20. The Morgan fingerprint density at radius 1 is 0.621 bits per heavy atom. The summed E-state index contributed by atoms with van der Waals surface area (Å²) in [5, 5.41) is 10.7. The normalized spacial score (nSPS) is 16.2. The fourth-order valence-electron chi connectivity index (χ4n) is 8.62. The molecule has 0 bridgehead atoms. The first-order chi connectivity index (χ1) is 45.2. The van der Waals surface area contributed by atoms with Crippen LogP contribution in [0, 0.1) is 26.6 Å². The van der Waals surface area contributed by atoms with Crippen molar-refractivity contribution in [2.45, 2.75) is 30.8 Å². The summed E-state index contributed by atoms with van der Waals surface area (Å²) >= 11 is 35.7. The van der Waals surface area contributed by atoms with Crippen molar-refractivity contribution in [3.63, 3.8) is 0 Å². The number of halogens is 9. The van der Waals surface area contributed by atoms with Gasteiger partial charge < -0.3 is 44.0 Å². The lowest BCUT2D eigenvalue weighted by atomic mass is 9.95. The minimum atomic E-state index is -1.62. The predicted molar refractivity (Wildman–Crippen MR) is 377 cm³/mol. The highest BCUT2D eigenvalue weighted by atomic mass is 127. The number of carbonyl (C=O) groups is 6. The smallest absolute Gasteiger partial charge is 0.325 e.